The van der Waals surface area contributed by atoms with Crippen molar-refractivity contribution >= 4 is 33.1 Å². The number of carbonyl (C=O) groups is 1. The van der Waals surface area contributed by atoms with Crippen LogP contribution in [-0.2, 0) is 12.8 Å². The van der Waals surface area contributed by atoms with Crippen LogP contribution in [0.15, 0.2) is 6.07 Å². The average molecular weight is 343 g/mol. The van der Waals surface area contributed by atoms with Gasteiger partial charge >= 0.3 is 0 Å². The molecule has 0 bridgehead atoms. The Kier molecular flexibility index (Phi) is 4.21. The molecule has 2 aliphatic rings. The Balaban J connectivity index is 1.69. The highest BCUT2D eigenvalue weighted by atomic mass is 32.1. The van der Waals surface area contributed by atoms with Gasteiger partial charge in [-0.3, -0.25) is 4.79 Å². The number of aromatic nitrogens is 1. The van der Waals surface area contributed by atoms with E-state index in [-0.39, 0.29) is 5.91 Å². The van der Waals surface area contributed by atoms with Gasteiger partial charge in [0.2, 0.25) is 0 Å². The van der Waals surface area contributed by atoms with Crippen molar-refractivity contribution < 1.29 is 4.79 Å². The number of nitrogens with zero attached hydrogens (tertiary/aromatic N) is 2. The zero-order valence-corrected chi connectivity index (χ0v) is 15.1. The summed E-state index contributed by atoms with van der Waals surface area (Å²) in [5.41, 5.74) is 9.55. The number of pyridine rings is 1. The van der Waals surface area contributed by atoms with E-state index in [2.05, 4.69) is 13.0 Å². The van der Waals surface area contributed by atoms with Crippen molar-refractivity contribution in [3.8, 4) is 0 Å². The van der Waals surface area contributed by atoms with Crippen molar-refractivity contribution in [2.75, 3.05) is 18.8 Å². The highest BCUT2D eigenvalue weighted by molar-refractivity contribution is 7.21. The Morgan fingerprint density at radius 1 is 1.25 bits per heavy atom. The van der Waals surface area contributed by atoms with Crippen molar-refractivity contribution in [2.45, 2.75) is 51.9 Å². The Hall–Kier alpha value is -1.62. The summed E-state index contributed by atoms with van der Waals surface area (Å²) in [6.07, 6.45) is 8.02. The van der Waals surface area contributed by atoms with Crippen LogP contribution in [0.3, 0.4) is 0 Å². The number of hydrogen-bond acceptors (Lipinski definition) is 4. The Morgan fingerprint density at radius 2 is 2.00 bits per heavy atom. The van der Waals surface area contributed by atoms with Crippen LogP contribution in [0.2, 0.25) is 0 Å². The van der Waals surface area contributed by atoms with Gasteiger partial charge in [0.05, 0.1) is 5.69 Å². The number of thiophene rings is 1. The van der Waals surface area contributed by atoms with Crippen LogP contribution in [0, 0.1) is 5.92 Å². The fourth-order valence-electron chi connectivity index (χ4n) is 3.85. The van der Waals surface area contributed by atoms with Crippen LogP contribution >= 0.6 is 11.3 Å². The number of piperidine rings is 1. The molecule has 1 amide bonds. The number of fused-ring (bicyclic) bond motifs is 2. The largest absolute Gasteiger partial charge is 0.397 e. The van der Waals surface area contributed by atoms with E-state index in [0.717, 1.165) is 49.0 Å². The molecular formula is C19H25N3OS. The first-order valence-electron chi connectivity index (χ1n) is 9.13. The molecule has 5 heteroatoms. The number of hydrogen-bond donors (Lipinski definition) is 1. The van der Waals surface area contributed by atoms with E-state index in [9.17, 15) is 4.79 Å². The van der Waals surface area contributed by atoms with Gasteiger partial charge in [0, 0.05) is 24.2 Å². The Morgan fingerprint density at radius 3 is 2.79 bits per heavy atom. The number of nitrogens with two attached hydrogens (primary N) is 1. The van der Waals surface area contributed by atoms with Crippen molar-refractivity contribution in [1.82, 2.24) is 9.88 Å². The van der Waals surface area contributed by atoms with Gasteiger partial charge < -0.3 is 10.6 Å². The maximum absolute atomic E-state index is 12.9. The molecule has 1 fully saturated rings. The fourth-order valence-corrected chi connectivity index (χ4v) is 4.91. The van der Waals surface area contributed by atoms with Gasteiger partial charge in [-0.05, 0) is 56.1 Å². The lowest BCUT2D eigenvalue weighted by Gasteiger charge is -2.30. The second kappa shape index (κ2) is 6.36. The summed E-state index contributed by atoms with van der Waals surface area (Å²) in [4.78, 5) is 21.4. The van der Waals surface area contributed by atoms with Gasteiger partial charge in [-0.1, -0.05) is 13.3 Å². The number of carbonyl (C=O) groups excluding carboxylic acids is 1. The van der Waals surface area contributed by atoms with Gasteiger partial charge in [-0.2, -0.15) is 0 Å². The van der Waals surface area contributed by atoms with E-state index < -0.39 is 0 Å². The summed E-state index contributed by atoms with van der Waals surface area (Å²) < 4.78 is 0. The monoisotopic (exact) mass is 343 g/mol. The SMILES string of the molecule is CC1CCN(C(=O)c2sc3nc4c(cc3c2N)CCCCC4)CC1. The van der Waals surface area contributed by atoms with E-state index in [0.29, 0.717) is 16.5 Å². The molecule has 0 radical (unpaired) electrons. The summed E-state index contributed by atoms with van der Waals surface area (Å²) >= 11 is 1.48. The molecule has 4 nitrogen and oxygen atoms in total. The normalized spacial score (nSPS) is 19.3. The zero-order valence-electron chi connectivity index (χ0n) is 14.3. The summed E-state index contributed by atoms with van der Waals surface area (Å²) in [6, 6.07) is 2.20. The van der Waals surface area contributed by atoms with Crippen LogP contribution in [0.25, 0.3) is 10.2 Å². The molecule has 0 saturated carbocycles. The first-order valence-corrected chi connectivity index (χ1v) is 9.95. The molecule has 1 saturated heterocycles. The van der Waals surface area contributed by atoms with Crippen molar-refractivity contribution in [1.29, 1.82) is 0 Å². The Bertz CT molecular complexity index is 775. The third kappa shape index (κ3) is 2.79. The molecule has 2 aromatic heterocycles. The smallest absolute Gasteiger partial charge is 0.266 e. The highest BCUT2D eigenvalue weighted by Crippen LogP contribution is 2.36. The number of amides is 1. The molecule has 1 aliphatic carbocycles. The lowest BCUT2D eigenvalue weighted by molar-refractivity contribution is 0.0703. The lowest BCUT2D eigenvalue weighted by atomic mass is 9.99. The van der Waals surface area contributed by atoms with Crippen molar-refractivity contribution in [3.05, 3.63) is 22.2 Å². The van der Waals surface area contributed by atoms with Gasteiger partial charge in [-0.25, -0.2) is 4.98 Å². The second-order valence-electron chi connectivity index (χ2n) is 7.33. The zero-order chi connectivity index (χ0) is 16.7. The fraction of sp³-hybridized carbons (Fsp3) is 0.579. The molecule has 24 heavy (non-hydrogen) atoms. The van der Waals surface area contributed by atoms with Gasteiger partial charge in [0.15, 0.2) is 0 Å². The standard InChI is InChI=1S/C19H25N3OS/c1-12-7-9-22(10-8-12)19(23)17-16(20)14-11-13-5-3-2-4-6-15(13)21-18(14)24-17/h11-12H,2-10,20H2,1H3. The van der Waals surface area contributed by atoms with Crippen LogP contribution in [0.4, 0.5) is 5.69 Å². The quantitative estimate of drug-likeness (QED) is 0.796. The number of rotatable bonds is 1. The second-order valence-corrected chi connectivity index (χ2v) is 8.33. The van der Waals surface area contributed by atoms with E-state index >= 15 is 0 Å². The molecule has 2 N–H and O–H groups in total. The lowest BCUT2D eigenvalue weighted by Crippen LogP contribution is -2.37. The van der Waals surface area contributed by atoms with E-state index in [4.69, 9.17) is 10.7 Å². The molecular weight excluding hydrogens is 318 g/mol. The number of aryl methyl sites for hydroxylation is 2. The average Bonchev–Trinajstić information content (AvgIpc) is 2.76. The van der Waals surface area contributed by atoms with E-state index in [1.54, 1.807) is 0 Å². The third-order valence-electron chi connectivity index (χ3n) is 5.51. The first-order chi connectivity index (χ1) is 11.6. The maximum Gasteiger partial charge on any atom is 0.266 e. The Labute approximate surface area is 147 Å². The third-order valence-corrected chi connectivity index (χ3v) is 6.62. The molecule has 0 aromatic carbocycles. The van der Waals surface area contributed by atoms with E-state index in [1.165, 1.54) is 41.9 Å². The van der Waals surface area contributed by atoms with Crippen LogP contribution in [0.1, 0.15) is 60.0 Å². The van der Waals surface area contributed by atoms with Crippen LogP contribution in [-0.4, -0.2) is 28.9 Å². The highest BCUT2D eigenvalue weighted by Gasteiger charge is 2.26. The van der Waals surface area contributed by atoms with Gasteiger partial charge in [0.1, 0.15) is 9.71 Å². The number of anilines is 1. The topological polar surface area (TPSA) is 59.2 Å². The molecule has 4 rings (SSSR count). The molecule has 3 heterocycles. The predicted octanol–water partition coefficient (Wildman–Crippen LogP) is 4.02. The minimum Gasteiger partial charge on any atom is -0.397 e. The molecule has 1 aliphatic heterocycles. The number of likely N-dealkylation sites (tertiary alicyclic amines) is 1. The van der Waals surface area contributed by atoms with Crippen molar-refractivity contribution in [2.24, 2.45) is 5.92 Å². The molecule has 0 spiro atoms. The summed E-state index contributed by atoms with van der Waals surface area (Å²) in [6.45, 7) is 3.95. The minimum absolute atomic E-state index is 0.0950. The summed E-state index contributed by atoms with van der Waals surface area (Å²) in [5.74, 6) is 0.809. The van der Waals surface area contributed by atoms with Crippen LogP contribution in [0.5, 0.6) is 0 Å². The predicted molar refractivity (Wildman–Crippen MR) is 99.6 cm³/mol. The van der Waals surface area contributed by atoms with E-state index in [1.807, 2.05) is 4.90 Å². The first kappa shape index (κ1) is 15.9. The molecule has 128 valence electrons. The van der Waals surface area contributed by atoms with Gasteiger partial charge in [-0.15, -0.1) is 11.3 Å². The summed E-state index contributed by atoms with van der Waals surface area (Å²) in [5, 5.41) is 0.981. The van der Waals surface area contributed by atoms with Crippen LogP contribution < -0.4 is 5.73 Å². The summed E-state index contributed by atoms with van der Waals surface area (Å²) in [7, 11) is 0. The maximum atomic E-state index is 12.9. The van der Waals surface area contributed by atoms with Crippen molar-refractivity contribution in [3.63, 3.8) is 0 Å². The minimum atomic E-state index is 0.0950. The number of nitrogen functional groups attached to an aromatic ring is 1. The van der Waals surface area contributed by atoms with Gasteiger partial charge in [0.25, 0.3) is 5.91 Å². The molecule has 2 aromatic rings. The molecule has 0 atom stereocenters. The molecule has 0 unspecified atom stereocenters.